The number of piperidine rings is 1. The molecule has 4 aromatic rings. The van der Waals surface area contributed by atoms with Crippen LogP contribution in [0.1, 0.15) is 93.8 Å². The van der Waals surface area contributed by atoms with Gasteiger partial charge in [0, 0.05) is 37.6 Å². The molecule has 15 nitrogen and oxygen atoms in total. The molecule has 4 heterocycles. The summed E-state index contributed by atoms with van der Waals surface area (Å²) in [4.78, 5) is 68.3. The number of nitrogens with two attached hydrogens (primary N) is 1. The maximum atomic E-state index is 14.2. The zero-order valence-corrected chi connectivity index (χ0v) is 37.9. The number of nitrogens with zero attached hydrogens (tertiary/aromatic N) is 4. The van der Waals surface area contributed by atoms with Gasteiger partial charge in [0.1, 0.15) is 29.6 Å². The number of aryl methyl sites for hydroxylation is 1. The normalized spacial score (nSPS) is 17.4. The van der Waals surface area contributed by atoms with Gasteiger partial charge in [-0.05, 0) is 93.3 Å². The summed E-state index contributed by atoms with van der Waals surface area (Å²) in [6.45, 7) is 13.1. The van der Waals surface area contributed by atoms with Gasteiger partial charge in [0.25, 0.3) is 5.91 Å². The van der Waals surface area contributed by atoms with Crippen molar-refractivity contribution in [2.24, 2.45) is 11.1 Å². The number of amides is 4. The van der Waals surface area contributed by atoms with E-state index >= 15 is 0 Å². The van der Waals surface area contributed by atoms with Crippen LogP contribution in [0.3, 0.4) is 0 Å². The molecule has 2 aromatic carbocycles. The third-order valence-corrected chi connectivity index (χ3v) is 12.5. The van der Waals surface area contributed by atoms with E-state index in [4.69, 9.17) is 20.6 Å². The van der Waals surface area contributed by atoms with Gasteiger partial charge in [-0.15, -0.1) is 11.3 Å². The largest absolute Gasteiger partial charge is 0.494 e. The Hall–Kier alpha value is -6.13. The van der Waals surface area contributed by atoms with E-state index in [1.54, 1.807) is 47.4 Å². The zero-order valence-electron chi connectivity index (χ0n) is 37.1. The number of hydrogen-bond donors (Lipinski definition) is 5. The molecule has 2 fully saturated rings. The molecule has 16 heteroatoms. The minimum absolute atomic E-state index is 0.164. The Balaban J connectivity index is 1.01. The molecule has 63 heavy (non-hydrogen) atoms. The first-order valence-electron chi connectivity index (χ1n) is 21.3. The number of methoxy groups -OCH3 is 1. The van der Waals surface area contributed by atoms with Crippen LogP contribution in [0.5, 0.6) is 5.75 Å². The van der Waals surface area contributed by atoms with Gasteiger partial charge in [-0.2, -0.15) is 0 Å². The Morgan fingerprint density at radius 2 is 1.68 bits per heavy atom. The molecule has 2 saturated heterocycles. The number of nitrogens with one attached hydrogen (secondary N) is 4. The minimum atomic E-state index is -0.871. The lowest BCUT2D eigenvalue weighted by Gasteiger charge is -2.37. The topological polar surface area (TPSA) is 205 Å². The number of allylic oxidation sites excluding steroid dienone is 1. The molecule has 2 aromatic heterocycles. The number of carbonyl (C=O) groups is 4. The van der Waals surface area contributed by atoms with E-state index in [0.717, 1.165) is 33.6 Å². The van der Waals surface area contributed by atoms with Crippen molar-refractivity contribution in [3.05, 3.63) is 94.9 Å². The van der Waals surface area contributed by atoms with Crippen LogP contribution in [0, 0.1) is 17.7 Å². The highest BCUT2D eigenvalue weighted by Crippen LogP contribution is 2.33. The predicted molar refractivity (Wildman–Crippen MR) is 247 cm³/mol. The average molecular weight is 878 g/mol. The summed E-state index contributed by atoms with van der Waals surface area (Å²) < 4.78 is 11.9. The van der Waals surface area contributed by atoms with Gasteiger partial charge in [-0.3, -0.25) is 19.2 Å². The lowest BCUT2D eigenvalue weighted by Crippen LogP contribution is -2.59. The molecule has 2 aliphatic heterocycles. The molecule has 0 aliphatic carbocycles. The number of likely N-dealkylation sites (tertiary alicyclic amines) is 1. The third-order valence-electron chi connectivity index (χ3n) is 11.6. The Labute approximate surface area is 373 Å². The van der Waals surface area contributed by atoms with Crippen molar-refractivity contribution in [2.75, 3.05) is 37.0 Å². The second-order valence-electron chi connectivity index (χ2n) is 17.1. The SMILES string of the molecule is COc1cc(N2CCC(OC(C)C(=O)NC(C(=O)N3CCCC3C(=O)NC(C)c3ccc(-c4scnc4C)cc3)C(C)(C)C)CC2)ccc1NC(=O)c1cccc(C(N)=CC=N)n1. The van der Waals surface area contributed by atoms with Crippen LogP contribution in [-0.2, 0) is 19.1 Å². The second kappa shape index (κ2) is 20.4. The van der Waals surface area contributed by atoms with Crippen molar-refractivity contribution in [1.82, 2.24) is 25.5 Å². The summed E-state index contributed by atoms with van der Waals surface area (Å²) in [5, 5.41) is 16.2. The molecule has 0 spiro atoms. The lowest BCUT2D eigenvalue weighted by molar-refractivity contribution is -0.147. The first-order valence-corrected chi connectivity index (χ1v) is 22.2. The highest BCUT2D eigenvalue weighted by molar-refractivity contribution is 7.13. The number of thiazole rings is 1. The summed E-state index contributed by atoms with van der Waals surface area (Å²) in [6, 6.07) is 16.8. The molecular formula is C47H59N9O6S. The Bertz CT molecular complexity index is 2320. The zero-order chi connectivity index (χ0) is 45.4. The first-order chi connectivity index (χ1) is 30.1. The second-order valence-corrected chi connectivity index (χ2v) is 18.0. The molecule has 2 aliphatic rings. The quantitative estimate of drug-likeness (QED) is 0.0821. The van der Waals surface area contributed by atoms with Crippen LogP contribution in [0.15, 0.2) is 72.3 Å². The van der Waals surface area contributed by atoms with Crippen molar-refractivity contribution < 1.29 is 28.7 Å². The number of pyridine rings is 1. The van der Waals surface area contributed by atoms with E-state index in [0.29, 0.717) is 62.4 Å². The molecule has 6 N–H and O–H groups in total. The maximum Gasteiger partial charge on any atom is 0.274 e. The number of hydrogen-bond acceptors (Lipinski definition) is 12. The Kier molecular flexibility index (Phi) is 15.0. The monoisotopic (exact) mass is 877 g/mol. The number of anilines is 2. The van der Waals surface area contributed by atoms with E-state index in [2.05, 4.69) is 30.8 Å². The smallest absolute Gasteiger partial charge is 0.274 e. The van der Waals surface area contributed by atoms with Crippen LogP contribution >= 0.6 is 11.3 Å². The number of benzene rings is 2. The van der Waals surface area contributed by atoms with E-state index in [1.165, 1.54) is 13.2 Å². The van der Waals surface area contributed by atoms with Crippen molar-refractivity contribution in [1.29, 1.82) is 5.41 Å². The summed E-state index contributed by atoms with van der Waals surface area (Å²) >= 11 is 1.59. The van der Waals surface area contributed by atoms with Crippen molar-refractivity contribution >= 4 is 58.3 Å². The fraction of sp³-hybridized carbons (Fsp3) is 0.426. The lowest BCUT2D eigenvalue weighted by atomic mass is 9.85. The number of ether oxygens (including phenoxy) is 2. The third kappa shape index (κ3) is 11.3. The van der Waals surface area contributed by atoms with E-state index in [9.17, 15) is 19.2 Å². The van der Waals surface area contributed by atoms with Crippen molar-refractivity contribution in [2.45, 2.75) is 97.6 Å². The van der Waals surface area contributed by atoms with Crippen LogP contribution in [-0.4, -0.2) is 95.7 Å². The summed E-state index contributed by atoms with van der Waals surface area (Å²) in [6.07, 6.45) is 4.01. The van der Waals surface area contributed by atoms with Gasteiger partial charge in [-0.25, -0.2) is 9.97 Å². The van der Waals surface area contributed by atoms with E-state index < -0.39 is 29.5 Å². The summed E-state index contributed by atoms with van der Waals surface area (Å²) in [7, 11) is 1.54. The van der Waals surface area contributed by atoms with E-state index in [1.807, 2.05) is 76.5 Å². The standard InChI is InChI=1S/C47H59N9O6S/c1-28(31-13-15-32(16-14-31)41-29(2)50-27-63-41)51-45(59)39-12-9-23-56(39)46(60)42(47(4,5)6)54-43(57)30(3)62-34-20-24-55(25-21-34)33-17-18-37(40(26-33)61-7)53-44(58)38-11-8-10-36(52-38)35(49)19-22-48/h8,10-11,13-19,22,26-28,30,34,39,42,48H,9,12,20-21,23-25,49H2,1-7H3,(H,51,59)(H,53,58)(H,54,57). The summed E-state index contributed by atoms with van der Waals surface area (Å²) in [5.41, 5.74) is 12.4. The highest BCUT2D eigenvalue weighted by atomic mass is 32.1. The van der Waals surface area contributed by atoms with Gasteiger partial charge < -0.3 is 46.4 Å². The average Bonchev–Trinajstić information content (AvgIpc) is 3.95. The van der Waals surface area contributed by atoms with Gasteiger partial charge in [-0.1, -0.05) is 51.1 Å². The molecule has 0 radical (unpaired) electrons. The van der Waals surface area contributed by atoms with Gasteiger partial charge in [0.05, 0.1) is 52.4 Å². The summed E-state index contributed by atoms with van der Waals surface area (Å²) in [5.74, 6) is -0.835. The fourth-order valence-corrected chi connectivity index (χ4v) is 8.75. The van der Waals surface area contributed by atoms with Crippen LogP contribution in [0.25, 0.3) is 16.1 Å². The van der Waals surface area contributed by atoms with Gasteiger partial charge in [0.15, 0.2) is 0 Å². The molecule has 4 amide bonds. The van der Waals surface area contributed by atoms with Gasteiger partial charge >= 0.3 is 0 Å². The Morgan fingerprint density at radius 3 is 2.33 bits per heavy atom. The molecular weight excluding hydrogens is 819 g/mol. The van der Waals surface area contributed by atoms with Crippen molar-refractivity contribution in [3.8, 4) is 16.2 Å². The molecule has 334 valence electrons. The fourth-order valence-electron chi connectivity index (χ4n) is 7.94. The molecule has 0 saturated carbocycles. The van der Waals surface area contributed by atoms with Crippen molar-refractivity contribution in [3.63, 3.8) is 0 Å². The molecule has 4 unspecified atom stereocenters. The van der Waals surface area contributed by atoms with Crippen LogP contribution < -0.4 is 31.3 Å². The minimum Gasteiger partial charge on any atom is -0.494 e. The first kappa shape index (κ1) is 46.4. The molecule has 0 bridgehead atoms. The molecule has 4 atom stereocenters. The molecule has 6 rings (SSSR count). The maximum absolute atomic E-state index is 14.2. The Morgan fingerprint density at radius 1 is 0.968 bits per heavy atom. The van der Waals surface area contributed by atoms with E-state index in [-0.39, 0.29) is 41.3 Å². The van der Waals surface area contributed by atoms with Crippen LogP contribution in [0.2, 0.25) is 0 Å². The van der Waals surface area contributed by atoms with Crippen LogP contribution in [0.4, 0.5) is 11.4 Å². The van der Waals surface area contributed by atoms with Gasteiger partial charge in [0.2, 0.25) is 17.7 Å². The number of rotatable bonds is 15. The predicted octanol–water partition coefficient (Wildman–Crippen LogP) is 6.50. The highest BCUT2D eigenvalue weighted by Gasteiger charge is 2.42. The number of aromatic nitrogens is 2. The number of carbonyl (C=O) groups excluding carboxylic acids is 4.